The van der Waals surface area contributed by atoms with Crippen LogP contribution in [0.4, 0.5) is 0 Å². The Bertz CT molecular complexity index is 699. The monoisotopic (exact) mass is 267 g/mol. The van der Waals surface area contributed by atoms with Gasteiger partial charge in [0.25, 0.3) is 0 Å². The third kappa shape index (κ3) is 2.53. The van der Waals surface area contributed by atoms with E-state index in [1.807, 2.05) is 41.2 Å². The molecule has 0 fully saturated rings. The van der Waals surface area contributed by atoms with Gasteiger partial charge in [-0.1, -0.05) is 11.3 Å². The molecule has 102 valence electrons. The molecule has 0 amide bonds. The van der Waals surface area contributed by atoms with Gasteiger partial charge in [-0.25, -0.2) is 4.68 Å². The summed E-state index contributed by atoms with van der Waals surface area (Å²) < 4.78 is 1.82. The number of rotatable bonds is 5. The molecule has 0 saturated heterocycles. The van der Waals surface area contributed by atoms with Crippen LogP contribution in [0, 0.1) is 0 Å². The lowest BCUT2D eigenvalue weighted by Crippen LogP contribution is -1.99. The highest BCUT2D eigenvalue weighted by Crippen LogP contribution is 2.19. The van der Waals surface area contributed by atoms with Gasteiger partial charge in [-0.05, 0) is 50.1 Å². The third-order valence-corrected chi connectivity index (χ3v) is 3.30. The van der Waals surface area contributed by atoms with Gasteiger partial charge < -0.3 is 5.73 Å². The van der Waals surface area contributed by atoms with Crippen LogP contribution in [0.25, 0.3) is 16.6 Å². The molecule has 2 aromatic heterocycles. The highest BCUT2D eigenvalue weighted by atomic mass is 15.4. The number of fused-ring (bicyclic) bond motifs is 1. The minimum absolute atomic E-state index is 0.725. The topological polar surface area (TPSA) is 69.6 Å². The summed E-state index contributed by atoms with van der Waals surface area (Å²) in [6.45, 7) is 0.725. The zero-order valence-corrected chi connectivity index (χ0v) is 11.2. The molecule has 5 nitrogen and oxygen atoms in total. The average Bonchev–Trinajstić information content (AvgIpc) is 2.96. The molecule has 0 unspecified atom stereocenters. The number of nitrogens with zero attached hydrogens (tertiary/aromatic N) is 4. The first-order valence-electron chi connectivity index (χ1n) is 6.84. The molecule has 0 radical (unpaired) electrons. The highest BCUT2D eigenvalue weighted by molar-refractivity contribution is 5.86. The molecule has 20 heavy (non-hydrogen) atoms. The largest absolute Gasteiger partial charge is 0.330 e. The Labute approximate surface area is 117 Å². The second-order valence-electron chi connectivity index (χ2n) is 4.75. The molecule has 1 aromatic carbocycles. The van der Waals surface area contributed by atoms with E-state index in [-0.39, 0.29) is 0 Å². The molecule has 0 saturated carbocycles. The fraction of sp³-hybridized carbons (Fsp3) is 0.267. The summed E-state index contributed by atoms with van der Waals surface area (Å²) in [5.41, 5.74) is 8.47. The predicted octanol–water partition coefficient (Wildman–Crippen LogP) is 2.10. The molecule has 3 aromatic rings. The minimum Gasteiger partial charge on any atom is -0.330 e. The smallest absolute Gasteiger partial charge is 0.0831 e. The van der Waals surface area contributed by atoms with Crippen molar-refractivity contribution in [2.75, 3.05) is 6.54 Å². The van der Waals surface area contributed by atoms with Crippen molar-refractivity contribution in [2.24, 2.45) is 5.73 Å². The van der Waals surface area contributed by atoms with E-state index in [2.05, 4.69) is 15.3 Å². The number of aryl methyl sites for hydroxylation is 1. The van der Waals surface area contributed by atoms with Gasteiger partial charge in [-0.2, -0.15) is 0 Å². The van der Waals surface area contributed by atoms with Crippen LogP contribution in [0.2, 0.25) is 0 Å². The summed E-state index contributed by atoms with van der Waals surface area (Å²) in [6, 6.07) is 10.00. The summed E-state index contributed by atoms with van der Waals surface area (Å²) in [5.74, 6) is 0. The van der Waals surface area contributed by atoms with Crippen molar-refractivity contribution in [3.05, 3.63) is 48.4 Å². The Morgan fingerprint density at radius 1 is 1.10 bits per heavy atom. The van der Waals surface area contributed by atoms with Crippen molar-refractivity contribution in [1.82, 2.24) is 20.0 Å². The summed E-state index contributed by atoms with van der Waals surface area (Å²) in [7, 11) is 0. The molecule has 5 heteroatoms. The zero-order valence-electron chi connectivity index (χ0n) is 11.2. The molecule has 0 aliphatic carbocycles. The first-order chi connectivity index (χ1) is 9.88. The van der Waals surface area contributed by atoms with Gasteiger partial charge in [-0.15, -0.1) is 5.10 Å². The van der Waals surface area contributed by atoms with Crippen molar-refractivity contribution >= 4 is 10.9 Å². The van der Waals surface area contributed by atoms with Gasteiger partial charge >= 0.3 is 0 Å². The Morgan fingerprint density at radius 2 is 2.05 bits per heavy atom. The molecule has 0 bridgehead atoms. The van der Waals surface area contributed by atoms with E-state index in [1.54, 1.807) is 6.20 Å². The Hall–Kier alpha value is -2.27. The van der Waals surface area contributed by atoms with E-state index in [4.69, 9.17) is 5.73 Å². The quantitative estimate of drug-likeness (QED) is 0.719. The lowest BCUT2D eigenvalue weighted by molar-refractivity contribution is 0.727. The maximum absolute atomic E-state index is 5.50. The highest BCUT2D eigenvalue weighted by Gasteiger charge is 2.06. The average molecular weight is 267 g/mol. The Balaban J connectivity index is 1.91. The lowest BCUT2D eigenvalue weighted by Gasteiger charge is -2.04. The van der Waals surface area contributed by atoms with Crippen LogP contribution in [-0.4, -0.2) is 26.5 Å². The zero-order chi connectivity index (χ0) is 13.8. The molecule has 0 atom stereocenters. The first kappa shape index (κ1) is 12.7. The van der Waals surface area contributed by atoms with Crippen LogP contribution in [0.3, 0.4) is 0 Å². The molecular formula is C15H17N5. The molecule has 0 aliphatic rings. The van der Waals surface area contributed by atoms with Gasteiger partial charge in [0.15, 0.2) is 0 Å². The maximum Gasteiger partial charge on any atom is 0.0831 e. The van der Waals surface area contributed by atoms with Crippen molar-refractivity contribution in [3.63, 3.8) is 0 Å². The molecule has 3 rings (SSSR count). The maximum atomic E-state index is 5.50. The summed E-state index contributed by atoms with van der Waals surface area (Å²) >= 11 is 0. The molecule has 2 heterocycles. The van der Waals surface area contributed by atoms with Crippen molar-refractivity contribution in [2.45, 2.75) is 19.3 Å². The number of aromatic nitrogens is 4. The number of benzene rings is 1. The van der Waals surface area contributed by atoms with Gasteiger partial charge in [0, 0.05) is 11.6 Å². The molecular weight excluding hydrogens is 250 g/mol. The van der Waals surface area contributed by atoms with Crippen molar-refractivity contribution in [3.8, 4) is 5.69 Å². The Morgan fingerprint density at radius 3 is 2.95 bits per heavy atom. The van der Waals surface area contributed by atoms with Crippen LogP contribution in [0.15, 0.2) is 42.7 Å². The van der Waals surface area contributed by atoms with Gasteiger partial charge in [0.05, 0.1) is 23.1 Å². The second-order valence-corrected chi connectivity index (χ2v) is 4.75. The first-order valence-corrected chi connectivity index (χ1v) is 6.84. The molecule has 0 aliphatic heterocycles. The van der Waals surface area contributed by atoms with Crippen LogP contribution in [-0.2, 0) is 6.42 Å². The number of pyridine rings is 1. The van der Waals surface area contributed by atoms with Crippen LogP contribution in [0.1, 0.15) is 18.5 Å². The number of unbranched alkanes of at least 4 members (excludes halogenated alkanes) is 1. The van der Waals surface area contributed by atoms with E-state index in [1.165, 1.54) is 0 Å². The number of hydrogen-bond acceptors (Lipinski definition) is 4. The van der Waals surface area contributed by atoms with E-state index in [0.717, 1.165) is 48.1 Å². The Kier molecular flexibility index (Phi) is 3.69. The van der Waals surface area contributed by atoms with E-state index in [0.29, 0.717) is 0 Å². The standard InChI is InChI=1S/C15H17N5/c16-9-2-1-5-12-11-20(19-18-12)15-8-3-7-14-13(15)6-4-10-17-14/h3-4,6-8,10-11H,1-2,5,9,16H2. The predicted molar refractivity (Wildman–Crippen MR) is 78.7 cm³/mol. The van der Waals surface area contributed by atoms with Crippen LogP contribution < -0.4 is 5.73 Å². The third-order valence-electron chi connectivity index (χ3n) is 3.30. The number of nitrogens with two attached hydrogens (primary N) is 1. The van der Waals surface area contributed by atoms with Gasteiger partial charge in [0.2, 0.25) is 0 Å². The van der Waals surface area contributed by atoms with E-state index < -0.39 is 0 Å². The van der Waals surface area contributed by atoms with Crippen molar-refractivity contribution < 1.29 is 0 Å². The van der Waals surface area contributed by atoms with Gasteiger partial charge in [-0.3, -0.25) is 4.98 Å². The van der Waals surface area contributed by atoms with Crippen LogP contribution in [0.5, 0.6) is 0 Å². The molecule has 0 spiro atoms. The summed E-state index contributed by atoms with van der Waals surface area (Å²) in [4.78, 5) is 4.36. The van der Waals surface area contributed by atoms with Crippen LogP contribution >= 0.6 is 0 Å². The number of hydrogen-bond donors (Lipinski definition) is 1. The molecule has 2 N–H and O–H groups in total. The van der Waals surface area contributed by atoms with E-state index in [9.17, 15) is 0 Å². The SMILES string of the molecule is NCCCCc1cn(-c2cccc3ncccc23)nn1. The lowest BCUT2D eigenvalue weighted by atomic mass is 10.2. The summed E-state index contributed by atoms with van der Waals surface area (Å²) in [6.07, 6.45) is 6.77. The fourth-order valence-corrected chi connectivity index (χ4v) is 2.27. The minimum atomic E-state index is 0.725. The van der Waals surface area contributed by atoms with E-state index >= 15 is 0 Å². The fourth-order valence-electron chi connectivity index (χ4n) is 2.27. The summed E-state index contributed by atoms with van der Waals surface area (Å²) in [5, 5.41) is 9.52. The normalized spacial score (nSPS) is 11.1. The second kappa shape index (κ2) is 5.79. The van der Waals surface area contributed by atoms with Gasteiger partial charge in [0.1, 0.15) is 0 Å². The van der Waals surface area contributed by atoms with Crippen molar-refractivity contribution in [1.29, 1.82) is 0 Å².